The van der Waals surface area contributed by atoms with E-state index in [1.807, 2.05) is 0 Å². The molecule has 1 aromatic carbocycles. The lowest BCUT2D eigenvalue weighted by atomic mass is 9.97. The number of sulfone groups is 1. The molecule has 5 heteroatoms. The number of nitrogens with two attached hydrogens (primary N) is 1. The van der Waals surface area contributed by atoms with Crippen molar-refractivity contribution in [3.05, 3.63) is 34.9 Å². The summed E-state index contributed by atoms with van der Waals surface area (Å²) in [6, 6.07) is 6.12. The standard InChI is InChI=1S/C15H24N2O2S/c1-11-7-12(2)9-13(8-11)10-14(17-16)15-5-3-4-6-20(15,18)19/h7-9,14-15,17H,3-6,10,16H2,1-2H3. The smallest absolute Gasteiger partial charge is 0.154 e. The number of aryl methyl sites for hydroxylation is 2. The second-order valence-corrected chi connectivity index (χ2v) is 8.21. The summed E-state index contributed by atoms with van der Waals surface area (Å²) in [4.78, 5) is 0. The molecule has 112 valence electrons. The first kappa shape index (κ1) is 15.5. The Hall–Kier alpha value is -0.910. The molecule has 20 heavy (non-hydrogen) atoms. The Morgan fingerprint density at radius 2 is 1.90 bits per heavy atom. The molecule has 0 radical (unpaired) electrons. The molecule has 0 amide bonds. The number of benzene rings is 1. The van der Waals surface area contributed by atoms with E-state index < -0.39 is 9.84 Å². The molecule has 0 spiro atoms. The van der Waals surface area contributed by atoms with Crippen LogP contribution < -0.4 is 11.3 Å². The van der Waals surface area contributed by atoms with E-state index in [2.05, 4.69) is 37.5 Å². The quantitative estimate of drug-likeness (QED) is 0.654. The Labute approximate surface area is 121 Å². The molecule has 1 aromatic rings. The fraction of sp³-hybridized carbons (Fsp3) is 0.600. The van der Waals surface area contributed by atoms with Gasteiger partial charge in [0, 0.05) is 6.04 Å². The molecule has 0 aliphatic carbocycles. The summed E-state index contributed by atoms with van der Waals surface area (Å²) in [5.74, 6) is 5.93. The molecule has 2 unspecified atom stereocenters. The number of nitrogens with one attached hydrogen (secondary N) is 1. The highest BCUT2D eigenvalue weighted by atomic mass is 32.2. The Morgan fingerprint density at radius 3 is 2.45 bits per heavy atom. The monoisotopic (exact) mass is 296 g/mol. The van der Waals surface area contributed by atoms with Crippen LogP contribution in [0.5, 0.6) is 0 Å². The molecular weight excluding hydrogens is 272 g/mol. The summed E-state index contributed by atoms with van der Waals surface area (Å²) >= 11 is 0. The van der Waals surface area contributed by atoms with Crippen molar-refractivity contribution >= 4 is 9.84 Å². The second kappa shape index (κ2) is 6.24. The van der Waals surface area contributed by atoms with Gasteiger partial charge in [-0.1, -0.05) is 35.7 Å². The van der Waals surface area contributed by atoms with E-state index in [4.69, 9.17) is 5.84 Å². The van der Waals surface area contributed by atoms with Gasteiger partial charge in [-0.3, -0.25) is 11.3 Å². The number of hydrogen-bond acceptors (Lipinski definition) is 4. The Balaban J connectivity index is 2.20. The minimum absolute atomic E-state index is 0.207. The van der Waals surface area contributed by atoms with Gasteiger partial charge in [-0.25, -0.2) is 8.42 Å². The van der Waals surface area contributed by atoms with Gasteiger partial charge in [0.2, 0.25) is 0 Å². The van der Waals surface area contributed by atoms with Gasteiger partial charge in [0.1, 0.15) is 0 Å². The summed E-state index contributed by atoms with van der Waals surface area (Å²) in [6.07, 6.45) is 3.11. The van der Waals surface area contributed by atoms with Crippen molar-refractivity contribution in [2.45, 2.75) is 50.8 Å². The first-order valence-corrected chi connectivity index (χ1v) is 8.89. The van der Waals surface area contributed by atoms with Gasteiger partial charge in [-0.15, -0.1) is 0 Å². The van der Waals surface area contributed by atoms with Crippen LogP contribution >= 0.6 is 0 Å². The van der Waals surface area contributed by atoms with Gasteiger partial charge in [0.25, 0.3) is 0 Å². The lowest BCUT2D eigenvalue weighted by Gasteiger charge is -2.29. The van der Waals surface area contributed by atoms with Gasteiger partial charge < -0.3 is 0 Å². The van der Waals surface area contributed by atoms with Crippen LogP contribution in [0.2, 0.25) is 0 Å². The molecule has 2 atom stereocenters. The topological polar surface area (TPSA) is 72.2 Å². The van der Waals surface area contributed by atoms with E-state index in [-0.39, 0.29) is 11.3 Å². The van der Waals surface area contributed by atoms with Crippen LogP contribution in [0.4, 0.5) is 0 Å². The minimum atomic E-state index is -3.02. The van der Waals surface area contributed by atoms with E-state index in [0.29, 0.717) is 18.6 Å². The van der Waals surface area contributed by atoms with E-state index in [0.717, 1.165) is 18.4 Å². The molecule has 0 saturated carbocycles. The second-order valence-electron chi connectivity index (χ2n) is 5.87. The molecule has 1 aliphatic heterocycles. The third-order valence-corrected chi connectivity index (χ3v) is 6.37. The van der Waals surface area contributed by atoms with Crippen molar-refractivity contribution in [2.75, 3.05) is 5.75 Å². The summed E-state index contributed by atoms with van der Waals surface area (Å²) in [5.41, 5.74) is 6.27. The van der Waals surface area contributed by atoms with Gasteiger partial charge >= 0.3 is 0 Å². The fourth-order valence-electron chi connectivity index (χ4n) is 3.17. The molecule has 1 heterocycles. The number of rotatable bonds is 4. The van der Waals surface area contributed by atoms with Crippen LogP contribution in [0.3, 0.4) is 0 Å². The Kier molecular flexibility index (Phi) is 4.83. The molecule has 4 nitrogen and oxygen atoms in total. The van der Waals surface area contributed by atoms with E-state index in [1.54, 1.807) is 0 Å². The van der Waals surface area contributed by atoms with Gasteiger partial charge in [-0.05, 0) is 38.7 Å². The molecule has 1 fully saturated rings. The van der Waals surface area contributed by atoms with Crippen molar-refractivity contribution in [3.63, 3.8) is 0 Å². The third kappa shape index (κ3) is 3.59. The normalized spacial score (nSPS) is 23.4. The molecule has 1 saturated heterocycles. The van der Waals surface area contributed by atoms with Gasteiger partial charge in [-0.2, -0.15) is 0 Å². The first-order chi connectivity index (χ1) is 9.42. The Bertz CT molecular complexity index is 549. The largest absolute Gasteiger partial charge is 0.271 e. The average Bonchev–Trinajstić information content (AvgIpc) is 2.35. The lowest BCUT2D eigenvalue weighted by Crippen LogP contribution is -2.50. The third-order valence-electron chi connectivity index (χ3n) is 4.03. The predicted molar refractivity (Wildman–Crippen MR) is 82.2 cm³/mol. The number of hydrogen-bond donors (Lipinski definition) is 2. The molecule has 1 aliphatic rings. The van der Waals surface area contributed by atoms with Crippen molar-refractivity contribution in [2.24, 2.45) is 5.84 Å². The van der Waals surface area contributed by atoms with Crippen LogP contribution in [0.1, 0.15) is 36.0 Å². The van der Waals surface area contributed by atoms with Crippen LogP contribution in [-0.2, 0) is 16.3 Å². The van der Waals surface area contributed by atoms with Crippen LogP contribution in [-0.4, -0.2) is 25.5 Å². The average molecular weight is 296 g/mol. The zero-order valence-corrected chi connectivity index (χ0v) is 13.0. The van der Waals surface area contributed by atoms with Crippen molar-refractivity contribution in [1.29, 1.82) is 0 Å². The summed E-state index contributed by atoms with van der Waals surface area (Å²) in [5, 5.41) is -0.359. The van der Waals surface area contributed by atoms with Crippen molar-refractivity contribution in [3.8, 4) is 0 Å². The molecular formula is C15H24N2O2S. The molecule has 0 aromatic heterocycles. The van der Waals surface area contributed by atoms with E-state index in [9.17, 15) is 8.42 Å². The van der Waals surface area contributed by atoms with Crippen LogP contribution in [0.15, 0.2) is 18.2 Å². The van der Waals surface area contributed by atoms with Gasteiger partial charge in [0.05, 0.1) is 11.0 Å². The predicted octanol–water partition coefficient (Wildman–Crippen LogP) is 1.65. The summed E-state index contributed by atoms with van der Waals surface area (Å²) < 4.78 is 24.4. The minimum Gasteiger partial charge on any atom is -0.271 e. The van der Waals surface area contributed by atoms with Crippen LogP contribution in [0, 0.1) is 13.8 Å². The Morgan fingerprint density at radius 1 is 1.25 bits per heavy atom. The maximum absolute atomic E-state index is 12.2. The zero-order chi connectivity index (χ0) is 14.8. The highest BCUT2D eigenvalue weighted by Gasteiger charge is 2.35. The van der Waals surface area contributed by atoms with Crippen molar-refractivity contribution < 1.29 is 8.42 Å². The van der Waals surface area contributed by atoms with E-state index in [1.165, 1.54) is 11.1 Å². The van der Waals surface area contributed by atoms with E-state index >= 15 is 0 Å². The lowest BCUT2D eigenvalue weighted by molar-refractivity contribution is 0.440. The SMILES string of the molecule is Cc1cc(C)cc(CC(NN)C2CCCCS2(=O)=O)c1. The molecule has 2 rings (SSSR count). The first-order valence-electron chi connectivity index (χ1n) is 7.17. The summed E-state index contributed by atoms with van der Waals surface area (Å²) in [7, 11) is -3.02. The maximum Gasteiger partial charge on any atom is 0.154 e. The highest BCUT2D eigenvalue weighted by molar-refractivity contribution is 7.92. The van der Waals surface area contributed by atoms with Gasteiger partial charge in [0.15, 0.2) is 9.84 Å². The highest BCUT2D eigenvalue weighted by Crippen LogP contribution is 2.24. The van der Waals surface area contributed by atoms with Crippen molar-refractivity contribution in [1.82, 2.24) is 5.43 Å². The fourth-order valence-corrected chi connectivity index (χ4v) is 5.28. The zero-order valence-electron chi connectivity index (χ0n) is 12.2. The maximum atomic E-state index is 12.2. The molecule has 0 bridgehead atoms. The number of hydrazine groups is 1. The summed E-state index contributed by atoms with van der Waals surface area (Å²) in [6.45, 7) is 4.11. The molecule has 3 N–H and O–H groups in total. The van der Waals surface area contributed by atoms with Crippen LogP contribution in [0.25, 0.3) is 0 Å².